The summed E-state index contributed by atoms with van der Waals surface area (Å²) in [4.78, 5) is 2.29. The molecule has 2 rings (SSSR count). The Morgan fingerprint density at radius 1 is 1.37 bits per heavy atom. The number of hydrogen-bond donors (Lipinski definition) is 2. The largest absolute Gasteiger partial charge is 0.395 e. The lowest BCUT2D eigenvalue weighted by Crippen LogP contribution is -2.42. The van der Waals surface area contributed by atoms with Gasteiger partial charge in [0.2, 0.25) is 0 Å². The molecule has 1 fully saturated rings. The summed E-state index contributed by atoms with van der Waals surface area (Å²) in [5.41, 5.74) is 0.866. The second-order valence-corrected chi connectivity index (χ2v) is 5.66. The van der Waals surface area contributed by atoms with E-state index < -0.39 is 6.10 Å². The number of rotatable bonds is 5. The van der Waals surface area contributed by atoms with Gasteiger partial charge in [0, 0.05) is 17.6 Å². The molecule has 1 aliphatic rings. The average molecular weight is 284 g/mol. The Morgan fingerprint density at radius 3 is 2.95 bits per heavy atom. The summed E-state index contributed by atoms with van der Waals surface area (Å²) >= 11 is 5.93. The van der Waals surface area contributed by atoms with E-state index in [0.29, 0.717) is 11.4 Å². The lowest BCUT2D eigenvalue weighted by atomic mass is 10.0. The summed E-state index contributed by atoms with van der Waals surface area (Å²) in [6.45, 7) is 2.06. The molecule has 106 valence electrons. The zero-order valence-corrected chi connectivity index (χ0v) is 11.9. The van der Waals surface area contributed by atoms with Crippen LogP contribution in [0.3, 0.4) is 0 Å². The molecule has 1 aliphatic heterocycles. The molecule has 0 aliphatic carbocycles. The van der Waals surface area contributed by atoms with Crippen LogP contribution in [0.15, 0.2) is 24.3 Å². The average Bonchev–Trinajstić information content (AvgIpc) is 2.45. The maximum Gasteiger partial charge on any atom is 0.0802 e. The Bertz CT molecular complexity index is 399. The van der Waals surface area contributed by atoms with Gasteiger partial charge in [-0.15, -0.1) is 0 Å². The highest BCUT2D eigenvalue weighted by Crippen LogP contribution is 2.23. The fourth-order valence-electron chi connectivity index (χ4n) is 2.73. The molecular weight excluding hydrogens is 262 g/mol. The lowest BCUT2D eigenvalue weighted by molar-refractivity contribution is 0.0697. The SMILES string of the molecule is OCC1CCCCN1CCC(O)c1cccc(Cl)c1. The first-order valence-electron chi connectivity index (χ1n) is 6.99. The third-order valence-corrected chi connectivity index (χ3v) is 4.12. The van der Waals surface area contributed by atoms with Crippen LogP contribution in [0.5, 0.6) is 0 Å². The molecule has 1 heterocycles. The van der Waals surface area contributed by atoms with Crippen LogP contribution >= 0.6 is 11.6 Å². The third kappa shape index (κ3) is 4.18. The number of piperidine rings is 1. The van der Waals surface area contributed by atoms with Gasteiger partial charge >= 0.3 is 0 Å². The second-order valence-electron chi connectivity index (χ2n) is 5.23. The number of aliphatic hydroxyl groups is 2. The summed E-state index contributed by atoms with van der Waals surface area (Å²) in [6.07, 6.45) is 3.63. The maximum absolute atomic E-state index is 10.2. The van der Waals surface area contributed by atoms with Crippen LogP contribution in [0.25, 0.3) is 0 Å². The molecule has 0 amide bonds. The van der Waals surface area contributed by atoms with Crippen molar-refractivity contribution >= 4 is 11.6 Å². The van der Waals surface area contributed by atoms with E-state index in [9.17, 15) is 10.2 Å². The van der Waals surface area contributed by atoms with Crippen molar-refractivity contribution in [3.8, 4) is 0 Å². The predicted octanol–water partition coefficient (Wildman–Crippen LogP) is 2.61. The molecule has 4 heteroatoms. The summed E-state index contributed by atoms with van der Waals surface area (Å²) in [7, 11) is 0. The van der Waals surface area contributed by atoms with Crippen LogP contribution in [0.1, 0.15) is 37.4 Å². The standard InChI is InChI=1S/C15H22ClNO2/c16-13-5-3-4-12(10-13)15(19)7-9-17-8-2-1-6-14(17)11-18/h3-5,10,14-15,18-19H,1-2,6-9,11H2. The van der Waals surface area contributed by atoms with Gasteiger partial charge in [0.05, 0.1) is 12.7 Å². The van der Waals surface area contributed by atoms with Crippen LogP contribution in [0.4, 0.5) is 0 Å². The van der Waals surface area contributed by atoms with Gasteiger partial charge < -0.3 is 10.2 Å². The zero-order chi connectivity index (χ0) is 13.7. The second kappa shape index (κ2) is 7.25. The Labute approximate surface area is 119 Å². The zero-order valence-electron chi connectivity index (χ0n) is 11.1. The third-order valence-electron chi connectivity index (χ3n) is 3.88. The highest BCUT2D eigenvalue weighted by atomic mass is 35.5. The van der Waals surface area contributed by atoms with Crippen molar-refractivity contribution in [3.05, 3.63) is 34.9 Å². The van der Waals surface area contributed by atoms with Gasteiger partial charge in [-0.05, 0) is 43.5 Å². The fourth-order valence-corrected chi connectivity index (χ4v) is 2.93. The van der Waals surface area contributed by atoms with Crippen molar-refractivity contribution in [2.75, 3.05) is 19.7 Å². The lowest BCUT2D eigenvalue weighted by Gasteiger charge is -2.35. The van der Waals surface area contributed by atoms with Crippen molar-refractivity contribution in [1.29, 1.82) is 0 Å². The van der Waals surface area contributed by atoms with Gasteiger partial charge in [0.15, 0.2) is 0 Å². The van der Waals surface area contributed by atoms with Gasteiger partial charge in [-0.3, -0.25) is 4.90 Å². The van der Waals surface area contributed by atoms with Crippen LogP contribution in [-0.4, -0.2) is 40.9 Å². The number of nitrogens with zero attached hydrogens (tertiary/aromatic N) is 1. The maximum atomic E-state index is 10.2. The Kier molecular flexibility index (Phi) is 5.64. The van der Waals surface area contributed by atoms with Gasteiger partial charge in [-0.1, -0.05) is 30.2 Å². The molecule has 1 aromatic carbocycles. The molecule has 0 bridgehead atoms. The number of halogens is 1. The minimum Gasteiger partial charge on any atom is -0.395 e. The molecule has 0 spiro atoms. The van der Waals surface area contributed by atoms with Crippen LogP contribution < -0.4 is 0 Å². The summed E-state index contributed by atoms with van der Waals surface area (Å²) in [5.74, 6) is 0. The predicted molar refractivity (Wildman–Crippen MR) is 77.3 cm³/mol. The van der Waals surface area contributed by atoms with Crippen molar-refractivity contribution in [1.82, 2.24) is 4.90 Å². The highest BCUT2D eigenvalue weighted by Gasteiger charge is 2.22. The van der Waals surface area contributed by atoms with Crippen molar-refractivity contribution in [3.63, 3.8) is 0 Å². The molecule has 1 aromatic rings. The Hall–Kier alpha value is -0.610. The van der Waals surface area contributed by atoms with Crippen molar-refractivity contribution in [2.24, 2.45) is 0 Å². The number of benzene rings is 1. The number of hydrogen-bond acceptors (Lipinski definition) is 3. The topological polar surface area (TPSA) is 43.7 Å². The van der Waals surface area contributed by atoms with E-state index in [0.717, 1.165) is 25.1 Å². The van der Waals surface area contributed by atoms with Crippen molar-refractivity contribution < 1.29 is 10.2 Å². The minimum atomic E-state index is -0.486. The fraction of sp³-hybridized carbons (Fsp3) is 0.600. The monoisotopic (exact) mass is 283 g/mol. The molecule has 19 heavy (non-hydrogen) atoms. The van der Waals surface area contributed by atoms with E-state index in [1.54, 1.807) is 0 Å². The molecular formula is C15H22ClNO2. The van der Waals surface area contributed by atoms with Crippen LogP contribution in [0.2, 0.25) is 5.02 Å². The minimum absolute atomic E-state index is 0.216. The quantitative estimate of drug-likeness (QED) is 0.873. The van der Waals surface area contributed by atoms with Gasteiger partial charge in [-0.2, -0.15) is 0 Å². The first kappa shape index (κ1) is 14.8. The first-order chi connectivity index (χ1) is 9.20. The van der Waals surface area contributed by atoms with E-state index in [1.165, 1.54) is 12.8 Å². The number of likely N-dealkylation sites (tertiary alicyclic amines) is 1. The van der Waals surface area contributed by atoms with Crippen molar-refractivity contribution in [2.45, 2.75) is 37.8 Å². The van der Waals surface area contributed by atoms with E-state index in [1.807, 2.05) is 24.3 Å². The first-order valence-corrected chi connectivity index (χ1v) is 7.37. The molecule has 2 atom stereocenters. The summed E-state index contributed by atoms with van der Waals surface area (Å²) < 4.78 is 0. The molecule has 3 nitrogen and oxygen atoms in total. The number of aliphatic hydroxyl groups excluding tert-OH is 2. The van der Waals surface area contributed by atoms with Gasteiger partial charge in [-0.25, -0.2) is 0 Å². The van der Waals surface area contributed by atoms with E-state index in [2.05, 4.69) is 4.90 Å². The molecule has 2 unspecified atom stereocenters. The summed E-state index contributed by atoms with van der Waals surface area (Å²) in [5, 5.41) is 20.2. The molecule has 0 radical (unpaired) electrons. The normalized spacial score (nSPS) is 22.4. The molecule has 1 saturated heterocycles. The molecule has 0 saturated carbocycles. The summed E-state index contributed by atoms with van der Waals surface area (Å²) in [6, 6.07) is 7.64. The van der Waals surface area contributed by atoms with Crippen LogP contribution in [0, 0.1) is 0 Å². The Morgan fingerprint density at radius 2 is 2.21 bits per heavy atom. The molecule has 0 aromatic heterocycles. The smallest absolute Gasteiger partial charge is 0.0802 e. The van der Waals surface area contributed by atoms with E-state index in [4.69, 9.17) is 11.6 Å². The van der Waals surface area contributed by atoms with E-state index >= 15 is 0 Å². The highest BCUT2D eigenvalue weighted by molar-refractivity contribution is 6.30. The van der Waals surface area contributed by atoms with Gasteiger partial charge in [0.25, 0.3) is 0 Å². The van der Waals surface area contributed by atoms with Gasteiger partial charge in [0.1, 0.15) is 0 Å². The van der Waals surface area contributed by atoms with Crippen LogP contribution in [-0.2, 0) is 0 Å². The van der Waals surface area contributed by atoms with E-state index in [-0.39, 0.29) is 12.6 Å². The Balaban J connectivity index is 1.87. The molecule has 2 N–H and O–H groups in total.